The van der Waals surface area contributed by atoms with Crippen molar-refractivity contribution in [3.63, 3.8) is 0 Å². The first-order valence-electron chi connectivity index (χ1n) is 1.55. The highest BCUT2D eigenvalue weighted by Crippen LogP contribution is 1.70. The molecule has 50 valence electrons. The van der Waals surface area contributed by atoms with Crippen LogP contribution < -0.4 is 0 Å². The Kier molecular flexibility index (Phi) is 19.4. The Morgan fingerprint density at radius 3 is 2.00 bits per heavy atom. The fourth-order valence-electron chi connectivity index (χ4n) is 0.117. The number of halogens is 2. The zero-order valence-corrected chi connectivity index (χ0v) is 6.05. The Morgan fingerprint density at radius 2 is 2.00 bits per heavy atom. The van der Waals surface area contributed by atoms with E-state index in [1.54, 1.807) is 0 Å². The first kappa shape index (κ1) is 15.7. The van der Waals surface area contributed by atoms with Crippen molar-refractivity contribution in [2.75, 3.05) is 0 Å². The molecule has 0 saturated heterocycles. The monoisotopic (exact) mass is 158 g/mol. The molecule has 0 unspecified atom stereocenters. The molecule has 8 heavy (non-hydrogen) atoms. The van der Waals surface area contributed by atoms with Gasteiger partial charge in [-0.3, -0.25) is 4.79 Å². The predicted octanol–water partition coefficient (Wildman–Crippen LogP) is 1.54. The van der Waals surface area contributed by atoms with Crippen LogP contribution in [0.3, 0.4) is 0 Å². The van der Waals surface area contributed by atoms with Crippen molar-refractivity contribution in [1.82, 2.24) is 0 Å². The van der Waals surface area contributed by atoms with Gasteiger partial charge in [0.2, 0.25) is 0 Å². The second-order valence-corrected chi connectivity index (χ2v) is 0.776. The molecule has 0 aliphatic rings. The number of ether oxygens (including phenoxy) is 1. The first-order valence-corrected chi connectivity index (χ1v) is 1.55. The van der Waals surface area contributed by atoms with Gasteiger partial charge in [-0.2, -0.15) is 0 Å². The third-order valence-corrected chi connectivity index (χ3v) is 0.249. The predicted molar refractivity (Wildman–Crippen MR) is 36.5 cm³/mol. The molecule has 0 heterocycles. The van der Waals surface area contributed by atoms with Crippen LogP contribution in [0, 0.1) is 0 Å². The van der Waals surface area contributed by atoms with Crippen LogP contribution in [0.25, 0.3) is 0 Å². The van der Waals surface area contributed by atoms with Crippen molar-refractivity contribution in [1.29, 1.82) is 0 Å². The zero-order valence-electron chi connectivity index (χ0n) is 4.42. The number of hydrogen-bond donors (Lipinski definition) is 0. The number of rotatable bonds is 1. The average molecular weight is 159 g/mol. The Balaban J connectivity index is -0.000000125. The Morgan fingerprint density at radius 1 is 1.62 bits per heavy atom. The molecule has 0 N–H and O–H groups in total. The number of hydrogen-bond acceptors (Lipinski definition) is 2. The van der Waals surface area contributed by atoms with Crippen LogP contribution in [-0.2, 0) is 9.53 Å². The number of carbonyl (C=O) groups is 1. The van der Waals surface area contributed by atoms with E-state index in [0.29, 0.717) is 0 Å². The number of carbonyl (C=O) groups excluding carboxylic acids is 1. The zero-order chi connectivity index (χ0) is 4.99. The van der Waals surface area contributed by atoms with E-state index in [9.17, 15) is 4.79 Å². The lowest BCUT2D eigenvalue weighted by molar-refractivity contribution is -0.135. The Hall–Kier alpha value is -0.210. The molecule has 0 aliphatic heterocycles. The second-order valence-electron chi connectivity index (χ2n) is 0.776. The highest BCUT2D eigenvalue weighted by molar-refractivity contribution is 5.85. The highest BCUT2D eigenvalue weighted by Gasteiger charge is 1.79. The van der Waals surface area contributed by atoms with Gasteiger partial charge in [-0.1, -0.05) is 6.58 Å². The quantitative estimate of drug-likeness (QED) is 0.428. The van der Waals surface area contributed by atoms with Gasteiger partial charge in [0.1, 0.15) is 0 Å². The molecule has 0 spiro atoms. The lowest BCUT2D eigenvalue weighted by atomic mass is 10.8. The third-order valence-electron chi connectivity index (χ3n) is 0.249. The molecule has 0 aliphatic carbocycles. The molecular weight excluding hydrogens is 151 g/mol. The van der Waals surface area contributed by atoms with E-state index in [0.717, 1.165) is 6.26 Å². The van der Waals surface area contributed by atoms with E-state index in [4.69, 9.17) is 0 Å². The molecule has 4 heteroatoms. The van der Waals surface area contributed by atoms with Crippen molar-refractivity contribution in [2.45, 2.75) is 6.92 Å². The maximum atomic E-state index is 9.75. The summed E-state index contributed by atoms with van der Waals surface area (Å²) in [5.41, 5.74) is 0. The Labute approximate surface area is 60.7 Å². The smallest absolute Gasteiger partial charge is 0.307 e. The molecule has 2 nitrogen and oxygen atoms in total. The van der Waals surface area contributed by atoms with Crippen LogP contribution in [0.5, 0.6) is 0 Å². The first-order chi connectivity index (χ1) is 2.77. The van der Waals surface area contributed by atoms with Gasteiger partial charge in [-0.15, -0.1) is 24.8 Å². The van der Waals surface area contributed by atoms with Crippen LogP contribution in [0.4, 0.5) is 0 Å². The maximum Gasteiger partial charge on any atom is 0.307 e. The average Bonchev–Trinajstić information content (AvgIpc) is 1.35. The van der Waals surface area contributed by atoms with Gasteiger partial charge in [0.15, 0.2) is 0 Å². The minimum atomic E-state index is -0.329. The maximum absolute atomic E-state index is 9.75. The summed E-state index contributed by atoms with van der Waals surface area (Å²) in [7, 11) is 0. The fraction of sp³-hybridized carbons (Fsp3) is 0.250. The van der Waals surface area contributed by atoms with E-state index in [1.807, 2.05) is 0 Å². The largest absolute Gasteiger partial charge is 0.435 e. The van der Waals surface area contributed by atoms with Crippen molar-refractivity contribution in [2.24, 2.45) is 0 Å². The van der Waals surface area contributed by atoms with E-state index in [-0.39, 0.29) is 30.8 Å². The number of esters is 1. The second kappa shape index (κ2) is 9.92. The van der Waals surface area contributed by atoms with Gasteiger partial charge < -0.3 is 4.74 Å². The molecular formula is C4H8Cl2O2. The molecule has 0 rings (SSSR count). The van der Waals surface area contributed by atoms with Crippen LogP contribution in [-0.4, -0.2) is 5.97 Å². The van der Waals surface area contributed by atoms with Crippen molar-refractivity contribution in [3.8, 4) is 0 Å². The lowest BCUT2D eigenvalue weighted by Crippen LogP contribution is -1.87. The topological polar surface area (TPSA) is 26.3 Å². The standard InChI is InChI=1S/C4H6O2.2ClH/c1-3-6-4(2)5;;/h3H,1H2,2H3;2*1H. The van der Waals surface area contributed by atoms with E-state index >= 15 is 0 Å². The summed E-state index contributed by atoms with van der Waals surface area (Å²) in [6.07, 6.45) is 1.10. The van der Waals surface area contributed by atoms with Crippen LogP contribution in [0.15, 0.2) is 12.8 Å². The normalized spacial score (nSPS) is 5.12. The van der Waals surface area contributed by atoms with Crippen molar-refractivity contribution >= 4 is 30.8 Å². The molecule has 0 aromatic rings. The van der Waals surface area contributed by atoms with Crippen molar-refractivity contribution in [3.05, 3.63) is 12.8 Å². The van der Waals surface area contributed by atoms with Crippen molar-refractivity contribution < 1.29 is 9.53 Å². The summed E-state index contributed by atoms with van der Waals surface area (Å²) in [5, 5.41) is 0. The minimum Gasteiger partial charge on any atom is -0.435 e. The van der Waals surface area contributed by atoms with Gasteiger partial charge >= 0.3 is 5.97 Å². The SMILES string of the molecule is C=COC(C)=O.Cl.Cl. The molecule has 0 radical (unpaired) electrons. The van der Waals surface area contributed by atoms with Gasteiger partial charge in [-0.05, 0) is 0 Å². The molecule has 0 aromatic carbocycles. The summed E-state index contributed by atoms with van der Waals surface area (Å²) in [6, 6.07) is 0. The van der Waals surface area contributed by atoms with Crippen LogP contribution >= 0.6 is 24.8 Å². The van der Waals surface area contributed by atoms with Crippen LogP contribution in [0.2, 0.25) is 0 Å². The molecule has 0 saturated carbocycles. The Bertz CT molecular complexity index is 72.4. The van der Waals surface area contributed by atoms with Gasteiger partial charge in [-0.25, -0.2) is 0 Å². The third kappa shape index (κ3) is 17.1. The molecule has 0 aromatic heterocycles. The summed E-state index contributed by atoms with van der Waals surface area (Å²) < 4.78 is 4.17. The summed E-state index contributed by atoms with van der Waals surface area (Å²) in [4.78, 5) is 9.75. The van der Waals surface area contributed by atoms with Gasteiger partial charge in [0, 0.05) is 6.92 Å². The fourth-order valence-corrected chi connectivity index (χ4v) is 0.117. The van der Waals surface area contributed by atoms with E-state index in [1.165, 1.54) is 6.92 Å². The summed E-state index contributed by atoms with van der Waals surface area (Å²) >= 11 is 0. The molecule has 0 atom stereocenters. The highest BCUT2D eigenvalue weighted by atomic mass is 35.5. The van der Waals surface area contributed by atoms with E-state index < -0.39 is 0 Å². The lowest BCUT2D eigenvalue weighted by Gasteiger charge is -1.83. The molecule has 0 fully saturated rings. The molecule has 0 amide bonds. The van der Waals surface area contributed by atoms with Crippen LogP contribution in [0.1, 0.15) is 6.92 Å². The minimum absolute atomic E-state index is 0. The van der Waals surface area contributed by atoms with Gasteiger partial charge in [0.25, 0.3) is 0 Å². The van der Waals surface area contributed by atoms with Gasteiger partial charge in [0.05, 0.1) is 6.26 Å². The van der Waals surface area contributed by atoms with E-state index in [2.05, 4.69) is 11.3 Å². The molecule has 0 bridgehead atoms. The summed E-state index contributed by atoms with van der Waals surface area (Å²) in [6.45, 7) is 4.48. The summed E-state index contributed by atoms with van der Waals surface area (Å²) in [5.74, 6) is -0.329.